The Morgan fingerprint density at radius 1 is 0.955 bits per heavy atom. The van der Waals surface area contributed by atoms with E-state index in [-0.39, 0.29) is 17.4 Å². The molecule has 0 unspecified atom stereocenters. The van der Waals surface area contributed by atoms with E-state index in [0.29, 0.717) is 60.2 Å². The van der Waals surface area contributed by atoms with Gasteiger partial charge in [0.2, 0.25) is 5.91 Å². The molecule has 2 fully saturated rings. The van der Waals surface area contributed by atoms with Gasteiger partial charge < -0.3 is 18.7 Å². The minimum atomic E-state index is -0.107. The van der Waals surface area contributed by atoms with Crippen LogP contribution in [0.3, 0.4) is 0 Å². The number of ether oxygens (including phenoxy) is 1. The van der Waals surface area contributed by atoms with Crippen molar-refractivity contribution in [3.8, 4) is 34.2 Å². The van der Waals surface area contributed by atoms with Crippen LogP contribution in [0, 0.1) is 0 Å². The molecule has 222 valence electrons. The monoisotopic (exact) mass is 588 g/mol. The quantitative estimate of drug-likeness (QED) is 0.212. The third-order valence-corrected chi connectivity index (χ3v) is 8.16. The Labute approximate surface area is 254 Å². The van der Waals surface area contributed by atoms with E-state index in [0.717, 1.165) is 35.4 Å². The van der Waals surface area contributed by atoms with Crippen LogP contribution in [0.5, 0.6) is 11.5 Å². The normalized spacial score (nSPS) is 16.6. The van der Waals surface area contributed by atoms with E-state index in [1.165, 1.54) is 6.07 Å². The molecule has 3 aromatic heterocycles. The van der Waals surface area contributed by atoms with Gasteiger partial charge in [-0.25, -0.2) is 0 Å². The summed E-state index contributed by atoms with van der Waals surface area (Å²) in [7, 11) is 0. The average Bonchev–Trinajstić information content (AvgIpc) is 3.62. The molecule has 2 aromatic carbocycles. The first-order valence-corrected chi connectivity index (χ1v) is 14.9. The molecule has 1 aliphatic heterocycles. The van der Waals surface area contributed by atoms with Gasteiger partial charge >= 0.3 is 0 Å². The predicted molar refractivity (Wildman–Crippen MR) is 163 cm³/mol. The number of nitrogens with zero attached hydrogens (tertiary/aromatic N) is 6. The van der Waals surface area contributed by atoms with E-state index in [2.05, 4.69) is 34.2 Å². The van der Waals surface area contributed by atoms with E-state index < -0.39 is 0 Å². The van der Waals surface area contributed by atoms with Gasteiger partial charge in [-0.1, -0.05) is 31.1 Å². The highest BCUT2D eigenvalue weighted by atomic mass is 16.5. The molecule has 0 spiro atoms. The lowest BCUT2D eigenvalue weighted by Crippen LogP contribution is -2.27. The SMILES string of the molecule is CC(C)c1ccc(-c2ccc(Oc3cc(-c4nc([C@H]5CC(=O)N(C6CC6)C5)no4)ccc3Cn3ccccc3=O)cc2)nn1. The maximum absolute atomic E-state index is 12.5. The number of carbonyl (C=O) groups excluding carboxylic acids is 1. The Balaban J connectivity index is 1.16. The number of amides is 1. The van der Waals surface area contributed by atoms with Crippen molar-refractivity contribution in [2.45, 2.75) is 57.5 Å². The number of pyridine rings is 1. The average molecular weight is 589 g/mol. The van der Waals surface area contributed by atoms with Gasteiger partial charge in [-0.05, 0) is 73.4 Å². The maximum atomic E-state index is 12.5. The molecular formula is C34H32N6O4. The number of hydrogen-bond donors (Lipinski definition) is 0. The highest BCUT2D eigenvalue weighted by Gasteiger charge is 2.41. The molecule has 1 amide bonds. The minimum Gasteiger partial charge on any atom is -0.457 e. The number of hydrogen-bond acceptors (Lipinski definition) is 8. The topological polar surface area (TPSA) is 116 Å². The van der Waals surface area contributed by atoms with Gasteiger partial charge in [-0.2, -0.15) is 15.2 Å². The van der Waals surface area contributed by atoms with E-state index in [9.17, 15) is 9.59 Å². The largest absolute Gasteiger partial charge is 0.457 e. The van der Waals surface area contributed by atoms with Gasteiger partial charge in [0.05, 0.1) is 17.9 Å². The number of rotatable bonds is 9. The molecule has 1 saturated heterocycles. The highest BCUT2D eigenvalue weighted by molar-refractivity contribution is 5.80. The van der Waals surface area contributed by atoms with Crippen LogP contribution in [0.25, 0.3) is 22.7 Å². The Morgan fingerprint density at radius 2 is 1.77 bits per heavy atom. The summed E-state index contributed by atoms with van der Waals surface area (Å²) in [4.78, 5) is 31.6. The summed E-state index contributed by atoms with van der Waals surface area (Å²) in [5.74, 6) is 2.46. The van der Waals surface area contributed by atoms with Crippen LogP contribution in [0.4, 0.5) is 0 Å². The number of benzene rings is 2. The molecule has 10 heteroatoms. The van der Waals surface area contributed by atoms with Crippen LogP contribution in [-0.2, 0) is 11.3 Å². The Morgan fingerprint density at radius 3 is 2.50 bits per heavy atom. The van der Waals surface area contributed by atoms with Crippen molar-refractivity contribution < 1.29 is 14.1 Å². The second-order valence-corrected chi connectivity index (χ2v) is 11.7. The molecule has 2 aliphatic rings. The fraction of sp³-hybridized carbons (Fsp3) is 0.294. The van der Waals surface area contributed by atoms with Gasteiger partial charge in [-0.3, -0.25) is 9.59 Å². The maximum Gasteiger partial charge on any atom is 0.258 e. The van der Waals surface area contributed by atoms with Gasteiger partial charge in [0.25, 0.3) is 11.4 Å². The number of aromatic nitrogens is 5. The van der Waals surface area contributed by atoms with Gasteiger partial charge in [0.1, 0.15) is 11.5 Å². The zero-order valence-corrected chi connectivity index (χ0v) is 24.6. The van der Waals surface area contributed by atoms with Gasteiger partial charge in [0.15, 0.2) is 5.82 Å². The zero-order valence-electron chi connectivity index (χ0n) is 24.6. The summed E-state index contributed by atoms with van der Waals surface area (Å²) >= 11 is 0. The molecule has 0 N–H and O–H groups in total. The van der Waals surface area contributed by atoms with E-state index in [4.69, 9.17) is 9.26 Å². The van der Waals surface area contributed by atoms with Crippen LogP contribution in [0.15, 0.2) is 88.3 Å². The summed E-state index contributed by atoms with van der Waals surface area (Å²) < 4.78 is 13.7. The fourth-order valence-electron chi connectivity index (χ4n) is 5.47. The van der Waals surface area contributed by atoms with Crippen LogP contribution in [0.1, 0.15) is 62.0 Å². The second-order valence-electron chi connectivity index (χ2n) is 11.7. The van der Waals surface area contributed by atoms with E-state index in [1.807, 2.05) is 65.6 Å². The molecule has 5 aromatic rings. The highest BCUT2D eigenvalue weighted by Crippen LogP contribution is 2.37. The fourth-order valence-corrected chi connectivity index (χ4v) is 5.47. The van der Waals surface area contributed by atoms with Crippen molar-refractivity contribution in [3.05, 3.63) is 106 Å². The van der Waals surface area contributed by atoms with Crippen molar-refractivity contribution in [2.24, 2.45) is 0 Å². The van der Waals surface area contributed by atoms with Crippen LogP contribution < -0.4 is 10.3 Å². The lowest BCUT2D eigenvalue weighted by atomic mass is 10.1. The van der Waals surface area contributed by atoms with Gasteiger partial charge in [-0.15, -0.1) is 0 Å². The predicted octanol–water partition coefficient (Wildman–Crippen LogP) is 5.80. The van der Waals surface area contributed by atoms with E-state index >= 15 is 0 Å². The first kappa shape index (κ1) is 27.7. The lowest BCUT2D eigenvalue weighted by molar-refractivity contribution is -0.128. The molecule has 4 heterocycles. The van der Waals surface area contributed by atoms with Crippen LogP contribution in [-0.4, -0.2) is 48.3 Å². The molecule has 0 radical (unpaired) electrons. The van der Waals surface area contributed by atoms with Crippen molar-refractivity contribution >= 4 is 5.91 Å². The molecule has 1 aliphatic carbocycles. The molecule has 1 atom stereocenters. The van der Waals surface area contributed by atoms with Crippen LogP contribution in [0.2, 0.25) is 0 Å². The third-order valence-electron chi connectivity index (χ3n) is 8.16. The Hall–Kier alpha value is -5.12. The molecule has 1 saturated carbocycles. The zero-order chi connectivity index (χ0) is 30.2. The second kappa shape index (κ2) is 11.5. The summed E-state index contributed by atoms with van der Waals surface area (Å²) in [5, 5.41) is 12.9. The van der Waals surface area contributed by atoms with Crippen molar-refractivity contribution in [1.82, 2.24) is 29.8 Å². The smallest absolute Gasteiger partial charge is 0.258 e. The van der Waals surface area contributed by atoms with E-state index in [1.54, 1.807) is 16.8 Å². The van der Waals surface area contributed by atoms with Crippen molar-refractivity contribution in [2.75, 3.05) is 6.54 Å². The summed E-state index contributed by atoms with van der Waals surface area (Å²) in [5.41, 5.74) is 4.04. The molecule has 0 bridgehead atoms. The standard InChI is InChI=1S/C34H32N6O4/c1-21(2)28-14-15-29(37-36-28)22-8-12-27(13-9-22)43-30-17-23(6-7-24(30)19-39-16-4-3-5-31(39)41)34-35-33(38-44-34)25-18-32(42)40(20-25)26-10-11-26/h3-9,12-17,21,25-26H,10-11,18-20H2,1-2H3/t25-/m0/s1. The summed E-state index contributed by atoms with van der Waals surface area (Å²) in [6, 6.07) is 22.7. The van der Waals surface area contributed by atoms with Gasteiger partial charge in [0, 0.05) is 53.9 Å². The molecular weight excluding hydrogens is 556 g/mol. The summed E-state index contributed by atoms with van der Waals surface area (Å²) in [6.45, 7) is 5.13. The minimum absolute atomic E-state index is 0.0784. The first-order chi connectivity index (χ1) is 21.4. The number of carbonyl (C=O) groups is 1. The summed E-state index contributed by atoms with van der Waals surface area (Å²) in [6.07, 6.45) is 4.29. The van der Waals surface area contributed by atoms with Crippen LogP contribution >= 0.6 is 0 Å². The lowest BCUT2D eigenvalue weighted by Gasteiger charge is -2.14. The first-order valence-electron chi connectivity index (χ1n) is 14.9. The van der Waals surface area contributed by atoms with Crippen molar-refractivity contribution in [3.63, 3.8) is 0 Å². The number of likely N-dealkylation sites (tertiary alicyclic amines) is 1. The third kappa shape index (κ3) is 5.75. The molecule has 10 nitrogen and oxygen atoms in total. The molecule has 44 heavy (non-hydrogen) atoms. The van der Waals surface area contributed by atoms with Crippen molar-refractivity contribution in [1.29, 1.82) is 0 Å². The Bertz CT molecular complexity index is 1860. The Kier molecular flexibility index (Phi) is 7.25. The molecule has 7 rings (SSSR count).